The van der Waals surface area contributed by atoms with Gasteiger partial charge in [0.05, 0.1) is 5.69 Å². The van der Waals surface area contributed by atoms with E-state index in [1.807, 2.05) is 0 Å². The summed E-state index contributed by atoms with van der Waals surface area (Å²) >= 11 is 1.45. The van der Waals surface area contributed by atoms with Gasteiger partial charge in [-0.2, -0.15) is 4.98 Å². The summed E-state index contributed by atoms with van der Waals surface area (Å²) < 4.78 is 34.3. The lowest BCUT2D eigenvalue weighted by molar-refractivity contribution is -0.118. The van der Waals surface area contributed by atoms with Crippen molar-refractivity contribution in [2.45, 2.75) is 38.1 Å². The lowest BCUT2D eigenvalue weighted by atomic mass is 10.1. The van der Waals surface area contributed by atoms with Gasteiger partial charge < -0.3 is 4.74 Å². The molecular weight excluding hydrogens is 422 g/mol. The molecule has 1 unspecified atom stereocenters. The van der Waals surface area contributed by atoms with E-state index in [-0.39, 0.29) is 17.4 Å². The van der Waals surface area contributed by atoms with Crippen molar-refractivity contribution in [1.29, 1.82) is 0 Å². The summed E-state index contributed by atoms with van der Waals surface area (Å²) in [6, 6.07) is 10.2. The molecule has 1 aliphatic rings. The molecule has 2 aromatic carbocycles. The second kappa shape index (κ2) is 8.97. The summed E-state index contributed by atoms with van der Waals surface area (Å²) in [5.41, 5.74) is 1.43. The molecule has 31 heavy (non-hydrogen) atoms. The van der Waals surface area contributed by atoms with Crippen LogP contribution in [0.3, 0.4) is 0 Å². The lowest BCUT2D eigenvalue weighted by Gasteiger charge is -2.30. The summed E-state index contributed by atoms with van der Waals surface area (Å²) in [5.74, 6) is -0.956. The van der Waals surface area contributed by atoms with E-state index in [0.29, 0.717) is 22.1 Å². The highest BCUT2D eigenvalue weighted by atomic mass is 32.2. The highest BCUT2D eigenvalue weighted by molar-refractivity contribution is 7.99. The van der Waals surface area contributed by atoms with Crippen LogP contribution in [-0.4, -0.2) is 26.8 Å². The molecule has 0 radical (unpaired) electrons. The highest BCUT2D eigenvalue weighted by Gasteiger charge is 2.36. The van der Waals surface area contributed by atoms with Gasteiger partial charge in [0.2, 0.25) is 23.2 Å². The SMILES string of the molecule is CCCCSc1nnc2c(n1)OC(c1ccc(F)cc1F)N(C(C)=O)c1ccccc1-2. The summed E-state index contributed by atoms with van der Waals surface area (Å²) in [4.78, 5) is 18.5. The molecule has 0 bridgehead atoms. The molecule has 1 amide bonds. The number of benzene rings is 2. The molecule has 1 aromatic heterocycles. The molecule has 9 heteroatoms. The van der Waals surface area contributed by atoms with Crippen LogP contribution in [0.2, 0.25) is 0 Å². The van der Waals surface area contributed by atoms with Crippen molar-refractivity contribution in [3.8, 4) is 17.1 Å². The summed E-state index contributed by atoms with van der Waals surface area (Å²) in [6.45, 7) is 3.45. The predicted molar refractivity (Wildman–Crippen MR) is 114 cm³/mol. The Labute approximate surface area is 182 Å². The minimum atomic E-state index is -1.19. The molecule has 0 fully saturated rings. The van der Waals surface area contributed by atoms with Gasteiger partial charge in [-0.15, -0.1) is 10.2 Å². The minimum Gasteiger partial charge on any atom is -0.447 e. The molecule has 0 saturated carbocycles. The fourth-order valence-corrected chi connectivity index (χ4v) is 4.19. The van der Waals surface area contributed by atoms with E-state index in [4.69, 9.17) is 4.74 Å². The molecule has 6 nitrogen and oxygen atoms in total. The molecule has 3 aromatic rings. The molecular formula is C22H20F2N4O2S. The second-order valence-electron chi connectivity index (χ2n) is 6.99. The maximum Gasteiger partial charge on any atom is 0.247 e. The maximum atomic E-state index is 14.7. The first kappa shape index (κ1) is 21.2. The van der Waals surface area contributed by atoms with Crippen LogP contribution in [0.4, 0.5) is 14.5 Å². The first-order valence-electron chi connectivity index (χ1n) is 9.88. The Balaban J connectivity index is 1.87. The first-order chi connectivity index (χ1) is 15.0. The molecule has 0 spiro atoms. The quantitative estimate of drug-likeness (QED) is 0.402. The number of hydrogen-bond donors (Lipinski definition) is 0. The molecule has 4 rings (SSSR count). The molecule has 0 aliphatic carbocycles. The maximum absolute atomic E-state index is 14.7. The summed E-state index contributed by atoms with van der Waals surface area (Å²) in [7, 11) is 0. The molecule has 1 aliphatic heterocycles. The van der Waals surface area contributed by atoms with Crippen LogP contribution in [0.5, 0.6) is 5.88 Å². The Morgan fingerprint density at radius 2 is 2.00 bits per heavy atom. The van der Waals surface area contributed by atoms with E-state index in [1.165, 1.54) is 29.7 Å². The molecule has 2 heterocycles. The number of fused-ring (bicyclic) bond motifs is 3. The number of amides is 1. The minimum absolute atomic E-state index is 0.0121. The van der Waals surface area contributed by atoms with Crippen LogP contribution < -0.4 is 9.64 Å². The molecule has 1 atom stereocenters. The number of halogens is 2. The van der Waals surface area contributed by atoms with Crippen molar-refractivity contribution in [3.05, 3.63) is 59.7 Å². The van der Waals surface area contributed by atoms with Crippen LogP contribution >= 0.6 is 11.8 Å². The number of anilines is 1. The van der Waals surface area contributed by atoms with Crippen LogP contribution in [0.25, 0.3) is 11.3 Å². The number of aromatic nitrogens is 3. The van der Waals surface area contributed by atoms with Gasteiger partial charge in [-0.05, 0) is 24.6 Å². The predicted octanol–water partition coefficient (Wildman–Crippen LogP) is 5.15. The summed E-state index contributed by atoms with van der Waals surface area (Å²) in [5, 5.41) is 8.93. The third-order valence-electron chi connectivity index (χ3n) is 4.81. The molecule has 0 saturated heterocycles. The van der Waals surface area contributed by atoms with Gasteiger partial charge >= 0.3 is 0 Å². The average molecular weight is 442 g/mol. The lowest BCUT2D eigenvalue weighted by Crippen LogP contribution is -2.36. The van der Waals surface area contributed by atoms with E-state index in [1.54, 1.807) is 24.3 Å². The third-order valence-corrected chi connectivity index (χ3v) is 5.73. The Morgan fingerprint density at radius 1 is 1.19 bits per heavy atom. The number of carbonyl (C=O) groups is 1. The number of ether oxygens (including phenoxy) is 1. The van der Waals surface area contributed by atoms with Gasteiger partial charge in [0, 0.05) is 29.9 Å². The zero-order valence-corrected chi connectivity index (χ0v) is 17.8. The average Bonchev–Trinajstić information content (AvgIpc) is 2.88. The van der Waals surface area contributed by atoms with Gasteiger partial charge in [-0.3, -0.25) is 9.69 Å². The highest BCUT2D eigenvalue weighted by Crippen LogP contribution is 2.43. The summed E-state index contributed by atoms with van der Waals surface area (Å²) in [6.07, 6.45) is 0.844. The number of thioether (sulfide) groups is 1. The zero-order chi connectivity index (χ0) is 22.0. The van der Waals surface area contributed by atoms with Crippen molar-refractivity contribution in [2.75, 3.05) is 10.7 Å². The second-order valence-corrected chi connectivity index (χ2v) is 8.05. The van der Waals surface area contributed by atoms with Crippen LogP contribution in [0.15, 0.2) is 47.6 Å². The smallest absolute Gasteiger partial charge is 0.247 e. The molecule has 0 N–H and O–H groups in total. The fraction of sp³-hybridized carbons (Fsp3) is 0.273. The van der Waals surface area contributed by atoms with E-state index in [9.17, 15) is 13.6 Å². The Hall–Kier alpha value is -3.07. The normalized spacial score (nSPS) is 15.0. The van der Waals surface area contributed by atoms with Gasteiger partial charge in [0.15, 0.2) is 5.69 Å². The zero-order valence-electron chi connectivity index (χ0n) is 17.0. The van der Waals surface area contributed by atoms with Crippen molar-refractivity contribution < 1.29 is 18.3 Å². The van der Waals surface area contributed by atoms with Crippen molar-refractivity contribution in [2.24, 2.45) is 0 Å². The van der Waals surface area contributed by atoms with Crippen LogP contribution in [-0.2, 0) is 4.79 Å². The number of carbonyl (C=O) groups excluding carboxylic acids is 1. The topological polar surface area (TPSA) is 68.2 Å². The van der Waals surface area contributed by atoms with Gasteiger partial charge in [0.25, 0.3) is 0 Å². The first-order valence-corrected chi connectivity index (χ1v) is 10.9. The van der Waals surface area contributed by atoms with Crippen molar-refractivity contribution in [3.63, 3.8) is 0 Å². The Bertz CT molecular complexity index is 1130. The van der Waals surface area contributed by atoms with Crippen LogP contribution in [0.1, 0.15) is 38.5 Å². The Morgan fingerprint density at radius 3 is 2.74 bits per heavy atom. The van der Waals surface area contributed by atoms with Gasteiger partial charge in [0.1, 0.15) is 11.6 Å². The molecule has 160 valence electrons. The standard InChI is InChI=1S/C22H20F2N4O2S/c1-3-4-11-31-22-25-20-19(26-27-22)16-7-5-6-8-18(16)28(13(2)29)21(30-20)15-10-9-14(23)12-17(15)24/h5-10,12,21H,3-4,11H2,1-2H3. The largest absolute Gasteiger partial charge is 0.447 e. The number of unbranched alkanes of at least 4 members (excludes halogenated alkanes) is 1. The fourth-order valence-electron chi connectivity index (χ4n) is 3.33. The van der Waals surface area contributed by atoms with Crippen molar-refractivity contribution in [1.82, 2.24) is 15.2 Å². The Kier molecular flexibility index (Phi) is 6.13. The third kappa shape index (κ3) is 4.23. The number of hydrogen-bond acceptors (Lipinski definition) is 6. The monoisotopic (exact) mass is 442 g/mol. The van der Waals surface area contributed by atoms with E-state index >= 15 is 0 Å². The van der Waals surface area contributed by atoms with E-state index < -0.39 is 17.9 Å². The van der Waals surface area contributed by atoms with Gasteiger partial charge in [-0.25, -0.2) is 8.78 Å². The van der Waals surface area contributed by atoms with E-state index in [0.717, 1.165) is 30.7 Å². The number of rotatable bonds is 5. The number of nitrogens with zero attached hydrogens (tertiary/aromatic N) is 4. The van der Waals surface area contributed by atoms with E-state index in [2.05, 4.69) is 22.1 Å². The van der Waals surface area contributed by atoms with Crippen molar-refractivity contribution >= 4 is 23.4 Å². The number of para-hydroxylation sites is 1. The van der Waals surface area contributed by atoms with Crippen LogP contribution in [0, 0.1) is 11.6 Å². The van der Waals surface area contributed by atoms with Gasteiger partial charge in [-0.1, -0.05) is 43.3 Å².